The maximum Gasteiger partial charge on any atom is 0.277 e. The largest absolute Gasteiger partial charge is 0.549 e. The van der Waals surface area contributed by atoms with Crippen LogP contribution in [0.1, 0.15) is 6.92 Å². The van der Waals surface area contributed by atoms with Crippen LogP contribution >= 0.6 is 27.7 Å². The molecule has 2 aromatic rings. The fourth-order valence-corrected chi connectivity index (χ4v) is 2.21. The molecular formula is C11H8BrN2O3S-. The monoisotopic (exact) mass is 327 g/mol. The molecule has 0 saturated heterocycles. The minimum absolute atomic E-state index is 0.210. The molecule has 0 bridgehead atoms. The molecule has 1 aromatic carbocycles. The molecule has 5 nitrogen and oxygen atoms in total. The van der Waals surface area contributed by atoms with Gasteiger partial charge in [-0.2, -0.15) is 0 Å². The quantitative estimate of drug-likeness (QED) is 0.796. The van der Waals surface area contributed by atoms with Crippen LogP contribution in [-0.2, 0) is 4.79 Å². The van der Waals surface area contributed by atoms with Crippen LogP contribution in [0.2, 0.25) is 0 Å². The third-order valence-corrected chi connectivity index (χ3v) is 3.49. The summed E-state index contributed by atoms with van der Waals surface area (Å²) in [4.78, 5) is 10.6. The average Bonchev–Trinajstić information content (AvgIpc) is 2.77. The zero-order chi connectivity index (χ0) is 13.1. The van der Waals surface area contributed by atoms with Gasteiger partial charge in [-0.15, -0.1) is 10.2 Å². The number of rotatable bonds is 4. The van der Waals surface area contributed by atoms with Crippen molar-refractivity contribution in [2.45, 2.75) is 17.4 Å². The third kappa shape index (κ3) is 3.11. The molecule has 94 valence electrons. The molecular weight excluding hydrogens is 320 g/mol. The van der Waals surface area contributed by atoms with Crippen molar-refractivity contribution in [3.05, 3.63) is 28.7 Å². The number of hydrogen-bond donors (Lipinski definition) is 0. The molecule has 0 radical (unpaired) electrons. The van der Waals surface area contributed by atoms with E-state index in [0.29, 0.717) is 5.89 Å². The van der Waals surface area contributed by atoms with Gasteiger partial charge in [0.05, 0.1) is 11.2 Å². The van der Waals surface area contributed by atoms with Crippen molar-refractivity contribution in [2.24, 2.45) is 0 Å². The molecule has 0 saturated carbocycles. The van der Waals surface area contributed by atoms with Gasteiger partial charge in [-0.05, 0) is 25.1 Å². The topological polar surface area (TPSA) is 79.0 Å². The Hall–Kier alpha value is -1.34. The molecule has 1 aromatic heterocycles. The molecule has 0 aliphatic heterocycles. The van der Waals surface area contributed by atoms with Gasteiger partial charge in [0.15, 0.2) is 0 Å². The van der Waals surface area contributed by atoms with Gasteiger partial charge >= 0.3 is 0 Å². The second-order valence-corrected chi connectivity index (χ2v) is 5.67. The van der Waals surface area contributed by atoms with Crippen LogP contribution in [0.3, 0.4) is 0 Å². The first kappa shape index (κ1) is 13.1. The van der Waals surface area contributed by atoms with Crippen molar-refractivity contribution < 1.29 is 14.3 Å². The second-order valence-electron chi connectivity index (χ2n) is 3.46. The molecule has 18 heavy (non-hydrogen) atoms. The highest BCUT2D eigenvalue weighted by molar-refractivity contribution is 9.10. The Kier molecular flexibility index (Phi) is 4.03. The molecule has 7 heteroatoms. The first-order valence-corrected chi connectivity index (χ1v) is 6.70. The van der Waals surface area contributed by atoms with E-state index in [0.717, 1.165) is 21.8 Å². The van der Waals surface area contributed by atoms with Crippen LogP contribution in [-0.4, -0.2) is 21.4 Å². The van der Waals surface area contributed by atoms with Crippen LogP contribution < -0.4 is 5.11 Å². The minimum atomic E-state index is -1.16. The van der Waals surface area contributed by atoms with Gasteiger partial charge in [0.1, 0.15) is 0 Å². The van der Waals surface area contributed by atoms with Crippen molar-refractivity contribution in [1.82, 2.24) is 10.2 Å². The van der Waals surface area contributed by atoms with E-state index in [4.69, 9.17) is 4.42 Å². The summed E-state index contributed by atoms with van der Waals surface area (Å²) in [5.74, 6) is -0.813. The van der Waals surface area contributed by atoms with E-state index in [9.17, 15) is 9.90 Å². The Labute approximate surface area is 116 Å². The van der Waals surface area contributed by atoms with Crippen LogP contribution in [0, 0.1) is 0 Å². The Morgan fingerprint density at radius 1 is 1.50 bits per heavy atom. The minimum Gasteiger partial charge on any atom is -0.549 e. The lowest BCUT2D eigenvalue weighted by molar-refractivity contribution is -0.304. The molecule has 0 N–H and O–H groups in total. The zero-order valence-corrected chi connectivity index (χ0v) is 11.7. The molecule has 0 unspecified atom stereocenters. The molecule has 1 heterocycles. The number of carbonyl (C=O) groups is 1. The number of hydrogen-bond acceptors (Lipinski definition) is 6. The van der Waals surface area contributed by atoms with Crippen molar-refractivity contribution in [2.75, 3.05) is 0 Å². The highest BCUT2D eigenvalue weighted by Gasteiger charge is 2.13. The summed E-state index contributed by atoms with van der Waals surface area (Å²) in [6, 6.07) is 7.40. The number of carboxylic acid groups (broad SMARTS) is 1. The summed E-state index contributed by atoms with van der Waals surface area (Å²) >= 11 is 4.30. The van der Waals surface area contributed by atoms with Crippen molar-refractivity contribution in [3.8, 4) is 11.5 Å². The maximum absolute atomic E-state index is 10.6. The standard InChI is InChI=1S/C11H9BrN2O3S/c1-6(10(15)16)18-11-14-13-9(17-11)7-3-2-4-8(12)5-7/h2-6H,1H3,(H,15,16)/p-1/t6-/m0/s1. The highest BCUT2D eigenvalue weighted by atomic mass is 79.9. The molecule has 1 atom stereocenters. The summed E-state index contributed by atoms with van der Waals surface area (Å²) in [7, 11) is 0. The van der Waals surface area contributed by atoms with Crippen molar-refractivity contribution >= 4 is 33.7 Å². The van der Waals surface area contributed by atoms with E-state index in [1.54, 1.807) is 0 Å². The third-order valence-electron chi connectivity index (χ3n) is 2.09. The van der Waals surface area contributed by atoms with Gasteiger partial charge in [0.2, 0.25) is 5.89 Å². The van der Waals surface area contributed by atoms with Crippen molar-refractivity contribution in [3.63, 3.8) is 0 Å². The highest BCUT2D eigenvalue weighted by Crippen LogP contribution is 2.27. The zero-order valence-electron chi connectivity index (χ0n) is 9.29. The molecule has 0 spiro atoms. The summed E-state index contributed by atoms with van der Waals surface area (Å²) in [5.41, 5.74) is 0.768. The average molecular weight is 328 g/mol. The van der Waals surface area contributed by atoms with Gasteiger partial charge in [-0.1, -0.05) is 33.8 Å². The lowest BCUT2D eigenvalue weighted by Crippen LogP contribution is -2.31. The smallest absolute Gasteiger partial charge is 0.277 e. The summed E-state index contributed by atoms with van der Waals surface area (Å²) < 4.78 is 6.27. The SMILES string of the molecule is C[C@H](Sc1nnc(-c2cccc(Br)c2)o1)C(=O)[O-]. The first-order chi connectivity index (χ1) is 8.56. The Morgan fingerprint density at radius 3 is 2.94 bits per heavy atom. The summed E-state index contributed by atoms with van der Waals surface area (Å²) in [5, 5.41) is 17.7. The van der Waals surface area contributed by atoms with Gasteiger partial charge < -0.3 is 14.3 Å². The van der Waals surface area contributed by atoms with E-state index in [1.165, 1.54) is 6.92 Å². The van der Waals surface area contributed by atoms with E-state index in [2.05, 4.69) is 26.1 Å². The predicted octanol–water partition coefficient (Wildman–Crippen LogP) is 1.73. The molecule has 0 fully saturated rings. The van der Waals surface area contributed by atoms with E-state index >= 15 is 0 Å². The fraction of sp³-hybridized carbons (Fsp3) is 0.182. The Bertz CT molecular complexity index is 573. The normalized spacial score (nSPS) is 12.3. The van der Waals surface area contributed by atoms with Gasteiger partial charge in [0, 0.05) is 10.0 Å². The number of nitrogens with zero attached hydrogens (tertiary/aromatic N) is 2. The predicted molar refractivity (Wildman–Crippen MR) is 67.8 cm³/mol. The van der Waals surface area contributed by atoms with Crippen molar-refractivity contribution in [1.29, 1.82) is 0 Å². The molecule has 0 amide bonds. The van der Waals surface area contributed by atoms with Crippen LogP contribution in [0.15, 0.2) is 38.4 Å². The lowest BCUT2D eigenvalue weighted by Gasteiger charge is -2.07. The van der Waals surface area contributed by atoms with Gasteiger partial charge in [-0.25, -0.2) is 0 Å². The number of carbonyl (C=O) groups excluding carboxylic acids is 1. The fourth-order valence-electron chi connectivity index (χ4n) is 1.19. The maximum atomic E-state index is 10.6. The number of halogens is 1. The molecule has 0 aliphatic rings. The van der Waals surface area contributed by atoms with Crippen LogP contribution in [0.5, 0.6) is 0 Å². The number of carboxylic acids is 1. The Balaban J connectivity index is 2.18. The van der Waals surface area contributed by atoms with Crippen LogP contribution in [0.25, 0.3) is 11.5 Å². The summed E-state index contributed by atoms with van der Waals surface area (Å²) in [6.45, 7) is 1.50. The van der Waals surface area contributed by atoms with E-state index in [-0.39, 0.29) is 5.22 Å². The summed E-state index contributed by atoms with van der Waals surface area (Å²) in [6.07, 6.45) is 0. The van der Waals surface area contributed by atoms with Gasteiger partial charge in [0.25, 0.3) is 5.22 Å². The second kappa shape index (κ2) is 5.53. The van der Waals surface area contributed by atoms with E-state index < -0.39 is 11.2 Å². The van der Waals surface area contributed by atoms with Crippen LogP contribution in [0.4, 0.5) is 0 Å². The number of aromatic nitrogens is 2. The lowest BCUT2D eigenvalue weighted by atomic mass is 10.2. The molecule has 0 aliphatic carbocycles. The Morgan fingerprint density at radius 2 is 2.28 bits per heavy atom. The van der Waals surface area contributed by atoms with Gasteiger partial charge in [-0.3, -0.25) is 0 Å². The molecule has 2 rings (SSSR count). The number of benzene rings is 1. The number of aliphatic carboxylic acids is 1. The number of thioether (sulfide) groups is 1. The first-order valence-electron chi connectivity index (χ1n) is 5.03. The van der Waals surface area contributed by atoms with E-state index in [1.807, 2.05) is 24.3 Å².